The first-order valence-electron chi connectivity index (χ1n) is 11.8. The van der Waals surface area contributed by atoms with Crippen LogP contribution in [-0.2, 0) is 4.74 Å². The van der Waals surface area contributed by atoms with Crippen molar-refractivity contribution in [3.63, 3.8) is 0 Å². The van der Waals surface area contributed by atoms with Crippen LogP contribution in [0.4, 0.5) is 4.79 Å². The highest BCUT2D eigenvalue weighted by Crippen LogP contribution is 2.31. The number of aromatic nitrogens is 2. The van der Waals surface area contributed by atoms with E-state index in [2.05, 4.69) is 26.6 Å². The fraction of sp³-hybridized carbons (Fsp3) is 0.400. The van der Waals surface area contributed by atoms with E-state index in [1.807, 2.05) is 4.90 Å². The number of hydrogen-bond donors (Lipinski definition) is 1. The number of ether oxygens (including phenoxy) is 2. The first-order chi connectivity index (χ1) is 17.5. The number of benzene rings is 2. The monoisotopic (exact) mass is 490 g/mol. The molecule has 1 N–H and O–H groups in total. The van der Waals surface area contributed by atoms with Crippen LogP contribution in [0, 0.1) is 11.3 Å². The molecule has 2 fully saturated rings. The van der Waals surface area contributed by atoms with Gasteiger partial charge >= 0.3 is 6.09 Å². The van der Waals surface area contributed by atoms with E-state index in [4.69, 9.17) is 19.4 Å². The van der Waals surface area contributed by atoms with Gasteiger partial charge in [-0.1, -0.05) is 0 Å². The second-order valence-electron chi connectivity index (χ2n) is 9.04. The summed E-state index contributed by atoms with van der Waals surface area (Å²) in [5.74, 6) is 0.577. The van der Waals surface area contributed by atoms with Gasteiger partial charge in [0.1, 0.15) is 23.4 Å². The number of alkyl carbamates (subject to hydrolysis) is 1. The number of carbonyl (C=O) groups excluding carboxylic acids is 2. The van der Waals surface area contributed by atoms with Crippen LogP contribution < -0.4 is 10.1 Å². The van der Waals surface area contributed by atoms with Crippen molar-refractivity contribution in [3.05, 3.63) is 53.6 Å². The Balaban J connectivity index is 1.23. The van der Waals surface area contributed by atoms with E-state index in [9.17, 15) is 9.59 Å². The molecular formula is C25H26N6O5. The molecule has 36 heavy (non-hydrogen) atoms. The summed E-state index contributed by atoms with van der Waals surface area (Å²) in [5, 5.41) is 19.5. The van der Waals surface area contributed by atoms with E-state index in [0.717, 1.165) is 12.8 Å². The summed E-state index contributed by atoms with van der Waals surface area (Å²) in [7, 11) is 1.33. The lowest BCUT2D eigenvalue weighted by Crippen LogP contribution is -2.59. The lowest BCUT2D eigenvalue weighted by Gasteiger charge is -2.42. The molecule has 1 aromatic heterocycles. The molecule has 0 spiro atoms. The third-order valence-electron chi connectivity index (χ3n) is 6.79. The second-order valence-corrected chi connectivity index (χ2v) is 9.04. The molecule has 3 atom stereocenters. The molecule has 2 saturated heterocycles. The molecule has 2 aromatic carbocycles. The van der Waals surface area contributed by atoms with Crippen molar-refractivity contribution >= 4 is 23.0 Å². The number of likely N-dealkylation sites (tertiary alicyclic amines) is 1. The van der Waals surface area contributed by atoms with E-state index in [0.29, 0.717) is 47.5 Å². The van der Waals surface area contributed by atoms with Crippen molar-refractivity contribution in [2.75, 3.05) is 33.4 Å². The van der Waals surface area contributed by atoms with Gasteiger partial charge in [0, 0.05) is 37.3 Å². The molecule has 0 aliphatic carbocycles. The number of nitriles is 1. The van der Waals surface area contributed by atoms with Crippen molar-refractivity contribution in [1.82, 2.24) is 25.4 Å². The number of piperazine rings is 1. The fourth-order valence-electron chi connectivity index (χ4n) is 4.99. The average molecular weight is 491 g/mol. The number of nitrogens with zero attached hydrogens (tertiary/aromatic N) is 5. The van der Waals surface area contributed by atoms with Crippen LogP contribution in [0.15, 0.2) is 47.1 Å². The molecule has 0 radical (unpaired) electrons. The van der Waals surface area contributed by atoms with Crippen LogP contribution in [0.1, 0.15) is 28.8 Å². The normalized spacial score (nSPS) is 20.1. The zero-order valence-electron chi connectivity index (χ0n) is 19.8. The van der Waals surface area contributed by atoms with Gasteiger partial charge in [-0.2, -0.15) is 5.26 Å². The second kappa shape index (κ2) is 10.2. The minimum Gasteiger partial charge on any atom is -0.491 e. The maximum atomic E-state index is 13.2. The minimum atomic E-state index is -0.526. The maximum absolute atomic E-state index is 13.2. The van der Waals surface area contributed by atoms with E-state index < -0.39 is 6.09 Å². The summed E-state index contributed by atoms with van der Waals surface area (Å²) in [6.07, 6.45) is 1.42. The van der Waals surface area contributed by atoms with E-state index in [1.54, 1.807) is 42.5 Å². The Morgan fingerprint density at radius 2 is 1.86 bits per heavy atom. The van der Waals surface area contributed by atoms with Crippen LogP contribution in [0.5, 0.6) is 5.75 Å². The highest BCUT2D eigenvalue weighted by molar-refractivity contribution is 5.97. The molecule has 2 unspecified atom stereocenters. The Labute approximate surface area is 207 Å². The SMILES string of the molecule is COC(=O)N[C@H](COc1ccc(C#N)cc1)CN1C2CCC1CN(C(=O)c1ccc3nonc3c1)C2. The summed E-state index contributed by atoms with van der Waals surface area (Å²) in [5.41, 5.74) is 2.28. The Hall–Kier alpha value is -4.17. The number of carbonyl (C=O) groups is 2. The van der Waals surface area contributed by atoms with E-state index in [-0.39, 0.29) is 30.6 Å². The van der Waals surface area contributed by atoms with Crippen LogP contribution in [0.2, 0.25) is 0 Å². The molecule has 2 aliphatic heterocycles. The van der Waals surface area contributed by atoms with Gasteiger partial charge in [0.25, 0.3) is 5.91 Å². The van der Waals surface area contributed by atoms with Crippen LogP contribution >= 0.6 is 0 Å². The molecule has 2 bridgehead atoms. The lowest BCUT2D eigenvalue weighted by atomic mass is 10.1. The summed E-state index contributed by atoms with van der Waals surface area (Å²) in [6, 6.07) is 14.2. The Morgan fingerprint density at radius 1 is 1.14 bits per heavy atom. The number of fused-ring (bicyclic) bond motifs is 3. The number of methoxy groups -OCH3 is 1. The van der Waals surface area contributed by atoms with Crippen molar-refractivity contribution in [3.8, 4) is 11.8 Å². The third kappa shape index (κ3) is 4.94. The quantitative estimate of drug-likeness (QED) is 0.529. The van der Waals surface area contributed by atoms with Gasteiger partial charge in [0.15, 0.2) is 0 Å². The van der Waals surface area contributed by atoms with E-state index >= 15 is 0 Å². The highest BCUT2D eigenvalue weighted by atomic mass is 16.6. The predicted octanol–water partition coefficient (Wildman–Crippen LogP) is 2.19. The Bertz CT molecular complexity index is 1270. The molecule has 2 amide bonds. The first kappa shape index (κ1) is 23.6. The van der Waals surface area contributed by atoms with Crippen LogP contribution in [-0.4, -0.2) is 83.6 Å². The predicted molar refractivity (Wildman–Crippen MR) is 127 cm³/mol. The van der Waals surface area contributed by atoms with Crippen LogP contribution in [0.3, 0.4) is 0 Å². The molecule has 0 saturated carbocycles. The third-order valence-corrected chi connectivity index (χ3v) is 6.79. The van der Waals surface area contributed by atoms with Crippen LogP contribution in [0.25, 0.3) is 11.0 Å². The Morgan fingerprint density at radius 3 is 2.56 bits per heavy atom. The molecule has 11 nitrogen and oxygen atoms in total. The van der Waals surface area contributed by atoms with Gasteiger partial charge in [0.2, 0.25) is 0 Å². The zero-order valence-corrected chi connectivity index (χ0v) is 19.8. The average Bonchev–Trinajstić information content (AvgIpc) is 3.46. The summed E-state index contributed by atoms with van der Waals surface area (Å²) in [4.78, 5) is 29.5. The van der Waals surface area contributed by atoms with Gasteiger partial charge in [-0.3, -0.25) is 9.69 Å². The number of rotatable bonds is 7. The lowest BCUT2D eigenvalue weighted by molar-refractivity contribution is 0.0393. The number of hydrogen-bond acceptors (Lipinski definition) is 9. The smallest absolute Gasteiger partial charge is 0.407 e. The molecule has 11 heteroatoms. The van der Waals surface area contributed by atoms with Crippen molar-refractivity contribution in [1.29, 1.82) is 5.26 Å². The maximum Gasteiger partial charge on any atom is 0.407 e. The Kier molecular flexibility index (Phi) is 6.69. The van der Waals surface area contributed by atoms with E-state index in [1.165, 1.54) is 7.11 Å². The van der Waals surface area contributed by atoms with Gasteiger partial charge in [-0.05, 0) is 65.6 Å². The zero-order chi connectivity index (χ0) is 25.1. The summed E-state index contributed by atoms with van der Waals surface area (Å²) >= 11 is 0. The van der Waals surface area contributed by atoms with Gasteiger partial charge in [-0.25, -0.2) is 9.42 Å². The van der Waals surface area contributed by atoms with Gasteiger partial charge < -0.3 is 19.7 Å². The molecule has 5 rings (SSSR count). The van der Waals surface area contributed by atoms with Crippen molar-refractivity contribution < 1.29 is 23.7 Å². The minimum absolute atomic E-state index is 0.0372. The topological polar surface area (TPSA) is 134 Å². The molecular weight excluding hydrogens is 464 g/mol. The first-order valence-corrected chi connectivity index (χ1v) is 11.8. The van der Waals surface area contributed by atoms with Crippen molar-refractivity contribution in [2.24, 2.45) is 0 Å². The molecule has 2 aliphatic rings. The largest absolute Gasteiger partial charge is 0.491 e. The summed E-state index contributed by atoms with van der Waals surface area (Å²) < 4.78 is 15.5. The number of amides is 2. The fourth-order valence-corrected chi connectivity index (χ4v) is 4.99. The molecule has 3 heterocycles. The highest BCUT2D eigenvalue weighted by Gasteiger charge is 2.42. The molecule has 186 valence electrons. The van der Waals surface area contributed by atoms with Gasteiger partial charge in [-0.15, -0.1) is 0 Å². The standard InChI is InChI=1S/C25H26N6O5/c1-34-25(33)27-18(15-35-21-7-2-16(11-26)3-8-21)12-31-19-5-6-20(31)14-30(13-19)24(32)17-4-9-22-23(10-17)29-36-28-22/h2-4,7-10,18-20H,5-6,12-15H2,1H3,(H,27,33)/t18-,19?,20?/m0/s1. The molecule has 3 aromatic rings. The van der Waals surface area contributed by atoms with Gasteiger partial charge in [0.05, 0.1) is 24.8 Å². The van der Waals surface area contributed by atoms with Crippen molar-refractivity contribution in [2.45, 2.75) is 31.0 Å². The number of nitrogens with one attached hydrogen (secondary N) is 1. The summed E-state index contributed by atoms with van der Waals surface area (Å²) in [6.45, 7) is 2.02.